The van der Waals surface area contributed by atoms with Crippen LogP contribution in [0.5, 0.6) is 0 Å². The molecule has 1 aromatic carbocycles. The Kier molecular flexibility index (Phi) is 5.36. The third-order valence-electron chi connectivity index (χ3n) is 4.20. The Bertz CT molecular complexity index is 1060. The van der Waals surface area contributed by atoms with Crippen LogP contribution in [0.25, 0.3) is 10.8 Å². The number of carbonyl (C=O) groups is 2. The number of hydrazine groups is 1. The van der Waals surface area contributed by atoms with E-state index in [1.807, 2.05) is 20.8 Å². The molecule has 0 spiro atoms. The highest BCUT2D eigenvalue weighted by atomic mass is 32.1. The Balaban J connectivity index is 1.88. The third-order valence-corrected chi connectivity index (χ3v) is 5.35. The van der Waals surface area contributed by atoms with Gasteiger partial charge >= 0.3 is 0 Å². The molecule has 2 amide bonds. The first-order chi connectivity index (χ1) is 12.9. The first kappa shape index (κ1) is 18.8. The molecule has 8 heteroatoms. The summed E-state index contributed by atoms with van der Waals surface area (Å²) in [5.41, 5.74) is 5.69. The van der Waals surface area contributed by atoms with E-state index >= 15 is 0 Å². The van der Waals surface area contributed by atoms with E-state index in [9.17, 15) is 14.4 Å². The Morgan fingerprint density at radius 2 is 1.78 bits per heavy atom. The summed E-state index contributed by atoms with van der Waals surface area (Å²) in [5.74, 6) is -0.967. The van der Waals surface area contributed by atoms with Gasteiger partial charge in [0.1, 0.15) is 0 Å². The molecule has 0 saturated carbocycles. The maximum atomic E-state index is 12.6. The fourth-order valence-corrected chi connectivity index (χ4v) is 3.61. The van der Waals surface area contributed by atoms with E-state index in [1.54, 1.807) is 30.3 Å². The van der Waals surface area contributed by atoms with Gasteiger partial charge in [-0.1, -0.05) is 25.1 Å². The first-order valence-corrected chi connectivity index (χ1v) is 9.41. The SMILES string of the molecule is CCCn1nc(C(=O)NNC(=O)c2cc(C)c(C)s2)c2ccccc2c1=O. The van der Waals surface area contributed by atoms with Gasteiger partial charge in [0.25, 0.3) is 17.4 Å². The lowest BCUT2D eigenvalue weighted by molar-refractivity contribution is 0.0845. The van der Waals surface area contributed by atoms with E-state index in [0.29, 0.717) is 28.6 Å². The maximum absolute atomic E-state index is 12.6. The van der Waals surface area contributed by atoms with E-state index in [2.05, 4.69) is 16.0 Å². The van der Waals surface area contributed by atoms with E-state index in [1.165, 1.54) is 16.0 Å². The van der Waals surface area contributed by atoms with Crippen LogP contribution in [0.4, 0.5) is 0 Å². The van der Waals surface area contributed by atoms with Crippen LogP contribution in [0.1, 0.15) is 43.9 Å². The molecule has 2 heterocycles. The van der Waals surface area contributed by atoms with Gasteiger partial charge in [-0.3, -0.25) is 25.2 Å². The molecule has 3 aromatic rings. The third kappa shape index (κ3) is 3.75. The maximum Gasteiger partial charge on any atom is 0.290 e. The quantitative estimate of drug-likeness (QED) is 0.676. The molecule has 3 rings (SSSR count). The average Bonchev–Trinajstić information content (AvgIpc) is 3.01. The predicted molar refractivity (Wildman–Crippen MR) is 105 cm³/mol. The Morgan fingerprint density at radius 3 is 2.41 bits per heavy atom. The molecule has 0 unspecified atom stereocenters. The molecule has 7 nitrogen and oxygen atoms in total. The molecule has 27 heavy (non-hydrogen) atoms. The predicted octanol–water partition coefficient (Wildman–Crippen LogP) is 2.56. The van der Waals surface area contributed by atoms with Crippen LogP contribution in [0, 0.1) is 13.8 Å². The topological polar surface area (TPSA) is 93.1 Å². The van der Waals surface area contributed by atoms with E-state index < -0.39 is 11.8 Å². The number of aromatic nitrogens is 2. The second-order valence-electron chi connectivity index (χ2n) is 6.18. The molecule has 0 atom stereocenters. The lowest BCUT2D eigenvalue weighted by atomic mass is 10.1. The zero-order chi connectivity index (χ0) is 19.6. The summed E-state index contributed by atoms with van der Waals surface area (Å²) in [6, 6.07) is 8.59. The van der Waals surface area contributed by atoms with Crippen molar-refractivity contribution in [2.24, 2.45) is 0 Å². The summed E-state index contributed by atoms with van der Waals surface area (Å²) >= 11 is 1.36. The first-order valence-electron chi connectivity index (χ1n) is 8.60. The Labute approximate surface area is 160 Å². The molecular weight excluding hydrogens is 364 g/mol. The molecule has 0 aliphatic rings. The smallest absolute Gasteiger partial charge is 0.267 e. The monoisotopic (exact) mass is 384 g/mol. The van der Waals surface area contributed by atoms with Gasteiger partial charge in [0.05, 0.1) is 10.3 Å². The zero-order valence-corrected chi connectivity index (χ0v) is 16.1. The molecule has 0 aliphatic heterocycles. The highest BCUT2D eigenvalue weighted by Gasteiger charge is 2.18. The van der Waals surface area contributed by atoms with Crippen molar-refractivity contribution in [3.05, 3.63) is 61.7 Å². The lowest BCUT2D eigenvalue weighted by Gasteiger charge is -2.11. The van der Waals surface area contributed by atoms with Crippen LogP contribution in [-0.4, -0.2) is 21.6 Å². The standard InChI is InChI=1S/C19H20N4O3S/c1-4-9-23-19(26)14-8-6-5-7-13(14)16(22-23)18(25)21-20-17(24)15-10-11(2)12(3)27-15/h5-8,10H,4,9H2,1-3H3,(H,20,24)(H,21,25). The van der Waals surface area contributed by atoms with Gasteiger partial charge in [-0.05, 0) is 38.0 Å². The summed E-state index contributed by atoms with van der Waals surface area (Å²) in [7, 11) is 0. The number of aryl methyl sites for hydroxylation is 3. The highest BCUT2D eigenvalue weighted by Crippen LogP contribution is 2.20. The number of fused-ring (bicyclic) bond motifs is 1. The van der Waals surface area contributed by atoms with E-state index in [0.717, 1.165) is 10.4 Å². The Hall–Kier alpha value is -3.00. The fraction of sp³-hybridized carbons (Fsp3) is 0.263. The van der Waals surface area contributed by atoms with Gasteiger partial charge in [-0.15, -0.1) is 11.3 Å². The van der Waals surface area contributed by atoms with Crippen molar-refractivity contribution in [3.8, 4) is 0 Å². The van der Waals surface area contributed by atoms with Crippen LogP contribution in [-0.2, 0) is 6.54 Å². The van der Waals surface area contributed by atoms with Gasteiger partial charge in [0.15, 0.2) is 5.69 Å². The molecular formula is C19H20N4O3S. The van der Waals surface area contributed by atoms with Crippen molar-refractivity contribution in [2.45, 2.75) is 33.7 Å². The lowest BCUT2D eigenvalue weighted by Crippen LogP contribution is -2.42. The fourth-order valence-electron chi connectivity index (χ4n) is 2.69. The van der Waals surface area contributed by atoms with Gasteiger partial charge in [-0.2, -0.15) is 5.10 Å². The number of amides is 2. The molecule has 0 bridgehead atoms. The number of thiophene rings is 1. The number of nitrogens with zero attached hydrogens (tertiary/aromatic N) is 2. The largest absolute Gasteiger partial charge is 0.290 e. The summed E-state index contributed by atoms with van der Waals surface area (Å²) in [6.45, 7) is 6.19. The minimum Gasteiger partial charge on any atom is -0.267 e. The molecule has 140 valence electrons. The molecule has 0 radical (unpaired) electrons. The van der Waals surface area contributed by atoms with Crippen LogP contribution in [0.2, 0.25) is 0 Å². The number of carbonyl (C=O) groups excluding carboxylic acids is 2. The van der Waals surface area contributed by atoms with Crippen molar-refractivity contribution in [1.29, 1.82) is 0 Å². The van der Waals surface area contributed by atoms with Crippen molar-refractivity contribution in [3.63, 3.8) is 0 Å². The van der Waals surface area contributed by atoms with Gasteiger partial charge < -0.3 is 0 Å². The van der Waals surface area contributed by atoms with E-state index in [-0.39, 0.29) is 11.3 Å². The second-order valence-corrected chi connectivity index (χ2v) is 7.44. The summed E-state index contributed by atoms with van der Waals surface area (Å²) in [4.78, 5) is 38.9. The highest BCUT2D eigenvalue weighted by molar-refractivity contribution is 7.14. The van der Waals surface area contributed by atoms with Crippen molar-refractivity contribution >= 4 is 33.9 Å². The van der Waals surface area contributed by atoms with Crippen LogP contribution in [0.15, 0.2) is 35.1 Å². The second kappa shape index (κ2) is 7.71. The zero-order valence-electron chi connectivity index (χ0n) is 15.3. The van der Waals surface area contributed by atoms with Crippen LogP contribution in [0.3, 0.4) is 0 Å². The summed E-state index contributed by atoms with van der Waals surface area (Å²) in [5, 5.41) is 5.07. The molecule has 0 aliphatic carbocycles. The minimum absolute atomic E-state index is 0.0949. The summed E-state index contributed by atoms with van der Waals surface area (Å²) in [6.07, 6.45) is 0.708. The van der Waals surface area contributed by atoms with Crippen LogP contribution < -0.4 is 16.4 Å². The van der Waals surface area contributed by atoms with Crippen molar-refractivity contribution in [2.75, 3.05) is 0 Å². The molecule has 2 N–H and O–H groups in total. The van der Waals surface area contributed by atoms with E-state index in [4.69, 9.17) is 0 Å². The van der Waals surface area contributed by atoms with Gasteiger partial charge in [0, 0.05) is 16.8 Å². The number of nitrogens with one attached hydrogen (secondary N) is 2. The van der Waals surface area contributed by atoms with Crippen LogP contribution >= 0.6 is 11.3 Å². The van der Waals surface area contributed by atoms with Gasteiger partial charge in [0.2, 0.25) is 0 Å². The molecule has 2 aromatic heterocycles. The van der Waals surface area contributed by atoms with Crippen molar-refractivity contribution < 1.29 is 9.59 Å². The number of benzene rings is 1. The number of hydrogen-bond acceptors (Lipinski definition) is 5. The minimum atomic E-state index is -0.575. The normalized spacial score (nSPS) is 10.8. The number of hydrogen-bond donors (Lipinski definition) is 2. The molecule has 0 fully saturated rings. The number of rotatable bonds is 4. The summed E-state index contributed by atoms with van der Waals surface area (Å²) < 4.78 is 1.28. The van der Waals surface area contributed by atoms with Gasteiger partial charge in [-0.25, -0.2) is 4.68 Å². The Morgan fingerprint density at radius 1 is 1.11 bits per heavy atom. The average molecular weight is 384 g/mol. The van der Waals surface area contributed by atoms with Crippen molar-refractivity contribution in [1.82, 2.24) is 20.6 Å². The molecule has 0 saturated heterocycles.